The van der Waals surface area contributed by atoms with Crippen LogP contribution in [-0.4, -0.2) is 60.4 Å². The van der Waals surface area contributed by atoms with Gasteiger partial charge >= 0.3 is 5.97 Å². The van der Waals surface area contributed by atoms with Gasteiger partial charge in [-0.25, -0.2) is 4.79 Å². The van der Waals surface area contributed by atoms with Gasteiger partial charge in [0.25, 0.3) is 0 Å². The molecule has 3 aromatic carbocycles. The number of nitrogens with zero attached hydrogens (tertiary/aromatic N) is 2. The Morgan fingerprint density at radius 2 is 1.63 bits per heavy atom. The molecule has 4 aromatic rings. The fourth-order valence-corrected chi connectivity index (χ4v) is 4.72. The van der Waals surface area contributed by atoms with Crippen molar-refractivity contribution in [2.24, 2.45) is 0 Å². The molecule has 4 rings (SSSR count). The number of aromatic nitrogens is 1. The lowest BCUT2D eigenvalue weighted by molar-refractivity contribution is -0.141. The van der Waals surface area contributed by atoms with Crippen molar-refractivity contribution in [1.82, 2.24) is 9.88 Å². The standard InChI is InChI=1S/C35H37N3O5/c1-3-38(33(39)20-17-27-10-9-21-36-25-27)22-23-43-29-18-15-26(16-19-29)24-32(35(41)42-2)37-31-14-8-7-13-30(31)34(40)28-11-5-4-6-12-28/h4-16,18-19,21,25,32,37H,3,17,20,22-24H2,1-2H3/t32-/m0/s1. The molecule has 0 unspecified atom stereocenters. The lowest BCUT2D eigenvalue weighted by atomic mass is 10.00. The van der Waals surface area contributed by atoms with Gasteiger partial charge in [0.15, 0.2) is 5.78 Å². The fraction of sp³-hybridized carbons (Fsp3) is 0.257. The highest BCUT2D eigenvalue weighted by molar-refractivity contribution is 6.12. The van der Waals surface area contributed by atoms with Crippen molar-refractivity contribution in [3.8, 4) is 5.75 Å². The molecule has 0 radical (unpaired) electrons. The van der Waals surface area contributed by atoms with E-state index in [4.69, 9.17) is 9.47 Å². The van der Waals surface area contributed by atoms with E-state index in [1.807, 2.05) is 67.6 Å². The van der Waals surface area contributed by atoms with Crippen molar-refractivity contribution in [3.05, 3.63) is 126 Å². The van der Waals surface area contributed by atoms with E-state index in [0.717, 1.165) is 11.1 Å². The van der Waals surface area contributed by atoms with Gasteiger partial charge in [-0.3, -0.25) is 14.6 Å². The van der Waals surface area contributed by atoms with E-state index in [0.29, 0.717) is 61.5 Å². The van der Waals surface area contributed by atoms with Crippen molar-refractivity contribution < 1.29 is 23.9 Å². The predicted octanol–water partition coefficient (Wildman–Crippen LogP) is 5.37. The summed E-state index contributed by atoms with van der Waals surface area (Å²) in [7, 11) is 1.35. The van der Waals surface area contributed by atoms with E-state index < -0.39 is 12.0 Å². The number of amides is 1. The third-order valence-corrected chi connectivity index (χ3v) is 7.10. The van der Waals surface area contributed by atoms with Crippen LogP contribution in [0.4, 0.5) is 5.69 Å². The van der Waals surface area contributed by atoms with Crippen LogP contribution in [0.25, 0.3) is 0 Å². The van der Waals surface area contributed by atoms with Crippen LogP contribution in [0.1, 0.15) is 40.4 Å². The number of para-hydroxylation sites is 1. The first-order chi connectivity index (χ1) is 21.0. The summed E-state index contributed by atoms with van der Waals surface area (Å²) in [6.07, 6.45) is 4.93. The van der Waals surface area contributed by atoms with Gasteiger partial charge in [-0.1, -0.05) is 60.7 Å². The van der Waals surface area contributed by atoms with E-state index in [1.165, 1.54) is 7.11 Å². The van der Waals surface area contributed by atoms with Crippen molar-refractivity contribution >= 4 is 23.3 Å². The summed E-state index contributed by atoms with van der Waals surface area (Å²) in [5, 5.41) is 3.23. The van der Waals surface area contributed by atoms with Gasteiger partial charge in [-0.05, 0) is 54.8 Å². The first-order valence-corrected chi connectivity index (χ1v) is 14.4. The number of nitrogens with one attached hydrogen (secondary N) is 1. The number of rotatable bonds is 15. The number of hydrogen-bond donors (Lipinski definition) is 1. The Morgan fingerprint density at radius 3 is 2.33 bits per heavy atom. The third-order valence-electron chi connectivity index (χ3n) is 7.10. The van der Waals surface area contributed by atoms with Crippen LogP contribution in [0.15, 0.2) is 103 Å². The average molecular weight is 580 g/mol. The zero-order valence-electron chi connectivity index (χ0n) is 24.6. The van der Waals surface area contributed by atoms with Gasteiger partial charge < -0.3 is 19.7 Å². The van der Waals surface area contributed by atoms with Crippen LogP contribution >= 0.6 is 0 Å². The van der Waals surface area contributed by atoms with Crippen LogP contribution in [0.2, 0.25) is 0 Å². The quantitative estimate of drug-likeness (QED) is 0.149. The third kappa shape index (κ3) is 9.00. The molecule has 0 fully saturated rings. The number of hydrogen-bond acceptors (Lipinski definition) is 7. The number of pyridine rings is 1. The van der Waals surface area contributed by atoms with Crippen molar-refractivity contribution in [1.29, 1.82) is 0 Å². The van der Waals surface area contributed by atoms with Gasteiger partial charge in [0.05, 0.1) is 13.7 Å². The number of ether oxygens (including phenoxy) is 2. The zero-order chi connectivity index (χ0) is 30.4. The smallest absolute Gasteiger partial charge is 0.328 e. The first-order valence-electron chi connectivity index (χ1n) is 14.4. The summed E-state index contributed by atoms with van der Waals surface area (Å²) in [6.45, 7) is 3.42. The molecule has 43 heavy (non-hydrogen) atoms. The van der Waals surface area contributed by atoms with Crippen molar-refractivity contribution in [2.45, 2.75) is 32.2 Å². The molecule has 222 valence electrons. The maximum atomic E-state index is 13.2. The summed E-state index contributed by atoms with van der Waals surface area (Å²) in [4.78, 5) is 44.4. The van der Waals surface area contributed by atoms with Crippen LogP contribution < -0.4 is 10.1 Å². The second kappa shape index (κ2) is 15.9. The van der Waals surface area contributed by atoms with E-state index in [1.54, 1.807) is 47.6 Å². The maximum Gasteiger partial charge on any atom is 0.328 e. The van der Waals surface area contributed by atoms with Crippen molar-refractivity contribution in [2.75, 3.05) is 32.1 Å². The van der Waals surface area contributed by atoms with E-state index in [9.17, 15) is 14.4 Å². The van der Waals surface area contributed by atoms with Gasteiger partial charge in [0.2, 0.25) is 5.91 Å². The molecule has 1 N–H and O–H groups in total. The summed E-state index contributed by atoms with van der Waals surface area (Å²) in [6, 6.07) is 26.8. The summed E-state index contributed by atoms with van der Waals surface area (Å²) in [5.74, 6) is 0.184. The molecule has 1 amide bonds. The number of benzene rings is 3. The largest absolute Gasteiger partial charge is 0.492 e. The van der Waals surface area contributed by atoms with Crippen LogP contribution in [-0.2, 0) is 27.2 Å². The monoisotopic (exact) mass is 579 g/mol. The van der Waals surface area contributed by atoms with E-state index in [2.05, 4.69) is 10.3 Å². The number of likely N-dealkylation sites (N-methyl/N-ethyl adjacent to an activating group) is 1. The molecule has 8 heteroatoms. The molecule has 0 aliphatic heterocycles. The highest BCUT2D eigenvalue weighted by atomic mass is 16.5. The van der Waals surface area contributed by atoms with Gasteiger partial charge in [0, 0.05) is 48.6 Å². The first kappa shape index (κ1) is 31.0. The zero-order valence-corrected chi connectivity index (χ0v) is 24.6. The Morgan fingerprint density at radius 1 is 0.884 bits per heavy atom. The Bertz CT molecular complexity index is 1480. The highest BCUT2D eigenvalue weighted by Crippen LogP contribution is 2.22. The number of esters is 1. The molecule has 1 aromatic heterocycles. The minimum absolute atomic E-state index is 0.0821. The minimum atomic E-state index is -0.711. The van der Waals surface area contributed by atoms with Crippen LogP contribution in [0.5, 0.6) is 5.75 Å². The number of aryl methyl sites for hydroxylation is 1. The molecule has 0 spiro atoms. The maximum absolute atomic E-state index is 13.2. The average Bonchev–Trinajstić information content (AvgIpc) is 3.06. The molecular weight excluding hydrogens is 542 g/mol. The van der Waals surface area contributed by atoms with Gasteiger partial charge in [0.1, 0.15) is 18.4 Å². The van der Waals surface area contributed by atoms with Crippen LogP contribution in [0.3, 0.4) is 0 Å². The second-order valence-corrected chi connectivity index (χ2v) is 9.99. The van der Waals surface area contributed by atoms with E-state index in [-0.39, 0.29) is 11.7 Å². The number of methoxy groups -OCH3 is 1. The molecule has 0 saturated carbocycles. The number of carbonyl (C=O) groups excluding carboxylic acids is 3. The normalized spacial score (nSPS) is 11.3. The number of anilines is 1. The lowest BCUT2D eigenvalue weighted by Crippen LogP contribution is -2.34. The molecule has 1 atom stereocenters. The Kier molecular flexibility index (Phi) is 11.4. The molecule has 8 nitrogen and oxygen atoms in total. The Labute approximate surface area is 252 Å². The van der Waals surface area contributed by atoms with Gasteiger partial charge in [-0.15, -0.1) is 0 Å². The topological polar surface area (TPSA) is 97.8 Å². The molecule has 0 bridgehead atoms. The molecule has 1 heterocycles. The SMILES string of the molecule is CCN(CCOc1ccc(C[C@H](Nc2ccccc2C(=O)c2ccccc2)C(=O)OC)cc1)C(=O)CCc1cccnc1. The Hall–Kier alpha value is -4.98. The molecule has 0 aliphatic rings. The number of ketones is 1. The molecule has 0 saturated heterocycles. The minimum Gasteiger partial charge on any atom is -0.492 e. The Balaban J connectivity index is 1.33. The lowest BCUT2D eigenvalue weighted by Gasteiger charge is -2.21. The molecular formula is C35H37N3O5. The predicted molar refractivity (Wildman–Crippen MR) is 166 cm³/mol. The molecule has 0 aliphatic carbocycles. The van der Waals surface area contributed by atoms with Crippen molar-refractivity contribution in [3.63, 3.8) is 0 Å². The fourth-order valence-electron chi connectivity index (χ4n) is 4.72. The van der Waals surface area contributed by atoms with Crippen LogP contribution in [0, 0.1) is 0 Å². The highest BCUT2D eigenvalue weighted by Gasteiger charge is 2.22. The summed E-state index contributed by atoms with van der Waals surface area (Å²) in [5.41, 5.74) is 3.53. The summed E-state index contributed by atoms with van der Waals surface area (Å²) >= 11 is 0. The van der Waals surface area contributed by atoms with Gasteiger partial charge in [-0.2, -0.15) is 0 Å². The van der Waals surface area contributed by atoms with E-state index >= 15 is 0 Å². The number of carbonyl (C=O) groups is 3. The summed E-state index contributed by atoms with van der Waals surface area (Å²) < 4.78 is 11.0. The second-order valence-electron chi connectivity index (χ2n) is 9.99.